The molecule has 0 aromatic heterocycles. The molecule has 3 heterocycles. The third kappa shape index (κ3) is 6.10. The Morgan fingerprint density at radius 3 is 0.829 bits per heavy atom. The van der Waals surface area contributed by atoms with Crippen molar-refractivity contribution in [3.05, 3.63) is 0 Å². The first-order chi connectivity index (χ1) is 18.6. The molecule has 3 nitrogen and oxygen atoms in total. The summed E-state index contributed by atoms with van der Waals surface area (Å²) in [6.45, 7) is 41.4. The average Bonchev–Trinajstić information content (AvgIpc) is 3.20. The van der Waals surface area contributed by atoms with Crippen molar-refractivity contribution < 1.29 is 0 Å². The third-order valence-corrected chi connectivity index (χ3v) is 13.5. The van der Waals surface area contributed by atoms with E-state index in [9.17, 15) is 0 Å². The number of hydrogen-bond donors (Lipinski definition) is 0. The van der Waals surface area contributed by atoms with Gasteiger partial charge < -0.3 is 0 Å². The lowest BCUT2D eigenvalue weighted by Crippen LogP contribution is -2.63. The molecule has 0 bridgehead atoms. The van der Waals surface area contributed by atoms with Gasteiger partial charge in [-0.2, -0.15) is 0 Å². The van der Waals surface area contributed by atoms with E-state index in [1.54, 1.807) is 0 Å². The molecule has 41 heavy (non-hydrogen) atoms. The van der Waals surface area contributed by atoms with Crippen LogP contribution in [-0.2, 0) is 0 Å². The molecule has 0 spiro atoms. The highest BCUT2D eigenvalue weighted by Crippen LogP contribution is 2.60. The van der Waals surface area contributed by atoms with Gasteiger partial charge in [0.2, 0.25) is 0 Å². The lowest BCUT2D eigenvalue weighted by atomic mass is 9.57. The lowest BCUT2D eigenvalue weighted by Gasteiger charge is -2.60. The molecule has 1 saturated carbocycles. The number of nitrogens with zero attached hydrogens (tertiary/aromatic N) is 3. The summed E-state index contributed by atoms with van der Waals surface area (Å²) in [5.41, 5.74) is 1.67. The smallest absolute Gasteiger partial charge is 0.0161 e. The minimum absolute atomic E-state index is 0.271. The van der Waals surface area contributed by atoms with Crippen molar-refractivity contribution in [2.24, 2.45) is 35.5 Å². The Morgan fingerprint density at radius 1 is 0.390 bits per heavy atom. The molecular weight excluding hydrogens is 498 g/mol. The van der Waals surface area contributed by atoms with Crippen LogP contribution < -0.4 is 0 Å². The van der Waals surface area contributed by atoms with Crippen molar-refractivity contribution in [1.29, 1.82) is 0 Å². The van der Waals surface area contributed by atoms with Gasteiger partial charge in [0.25, 0.3) is 0 Å². The SMILES string of the molecule is CCN1C(C)(C)CC(C2CCC(C3CC(C)(C)N(CC)C(C)(C)C3)C2C2CC(C)(C)N(CC)C(C)(C)C2)CC1(C)C. The van der Waals surface area contributed by atoms with E-state index in [1.165, 1.54) is 71.0 Å². The quantitative estimate of drug-likeness (QED) is 0.314. The Labute approximate surface area is 257 Å². The first-order valence-electron chi connectivity index (χ1n) is 18.0. The van der Waals surface area contributed by atoms with Crippen LogP contribution in [0, 0.1) is 35.5 Å². The van der Waals surface area contributed by atoms with Crippen molar-refractivity contribution in [2.45, 2.75) is 188 Å². The minimum atomic E-state index is 0.271. The molecule has 0 N–H and O–H groups in total. The summed E-state index contributed by atoms with van der Waals surface area (Å²) >= 11 is 0. The van der Waals surface area contributed by atoms with E-state index < -0.39 is 0 Å². The highest BCUT2D eigenvalue weighted by atomic mass is 15.3. The van der Waals surface area contributed by atoms with Crippen LogP contribution in [0.3, 0.4) is 0 Å². The van der Waals surface area contributed by atoms with Gasteiger partial charge in [-0.1, -0.05) is 20.8 Å². The number of hydrogen-bond acceptors (Lipinski definition) is 3. The molecule has 0 aromatic rings. The fraction of sp³-hybridized carbons (Fsp3) is 1.00. The Hall–Kier alpha value is -0.120. The Kier molecular flexibility index (Phi) is 9.10. The zero-order valence-corrected chi connectivity index (χ0v) is 30.6. The van der Waals surface area contributed by atoms with Crippen LogP contribution in [0.15, 0.2) is 0 Å². The number of piperidine rings is 3. The number of rotatable bonds is 6. The molecule has 2 atom stereocenters. The van der Waals surface area contributed by atoms with Crippen LogP contribution >= 0.6 is 0 Å². The van der Waals surface area contributed by atoms with Gasteiger partial charge in [0.15, 0.2) is 0 Å². The predicted molar refractivity (Wildman–Crippen MR) is 179 cm³/mol. The first-order valence-corrected chi connectivity index (χ1v) is 18.0. The largest absolute Gasteiger partial charge is 0.293 e. The second kappa shape index (κ2) is 11.0. The maximum absolute atomic E-state index is 2.84. The molecule has 240 valence electrons. The van der Waals surface area contributed by atoms with Gasteiger partial charge in [-0.3, -0.25) is 14.7 Å². The maximum atomic E-state index is 2.84. The van der Waals surface area contributed by atoms with Gasteiger partial charge >= 0.3 is 0 Å². The van der Waals surface area contributed by atoms with Gasteiger partial charge in [0, 0.05) is 33.2 Å². The molecule has 2 unspecified atom stereocenters. The van der Waals surface area contributed by atoms with Crippen LogP contribution in [0.4, 0.5) is 0 Å². The van der Waals surface area contributed by atoms with Gasteiger partial charge in [-0.15, -0.1) is 0 Å². The van der Waals surface area contributed by atoms with Crippen LogP contribution in [0.25, 0.3) is 0 Å². The summed E-state index contributed by atoms with van der Waals surface area (Å²) in [6, 6.07) is 0. The fourth-order valence-corrected chi connectivity index (χ4v) is 13.5. The topological polar surface area (TPSA) is 9.72 Å². The molecule has 0 amide bonds. The van der Waals surface area contributed by atoms with E-state index in [1.807, 2.05) is 0 Å². The first kappa shape index (κ1) is 33.8. The molecule has 4 aliphatic rings. The van der Waals surface area contributed by atoms with E-state index >= 15 is 0 Å². The molecule has 4 rings (SSSR count). The van der Waals surface area contributed by atoms with E-state index in [2.05, 4.69) is 119 Å². The van der Waals surface area contributed by atoms with Gasteiger partial charge in [0.1, 0.15) is 0 Å². The van der Waals surface area contributed by atoms with Crippen molar-refractivity contribution in [3.63, 3.8) is 0 Å². The Morgan fingerprint density at radius 2 is 0.610 bits per heavy atom. The van der Waals surface area contributed by atoms with Gasteiger partial charge in [-0.05, 0) is 190 Å². The Bertz CT molecular complexity index is 804. The Balaban J connectivity index is 1.74. The minimum Gasteiger partial charge on any atom is -0.293 e. The number of likely N-dealkylation sites (tertiary alicyclic amines) is 3. The molecule has 1 aliphatic carbocycles. The van der Waals surface area contributed by atoms with Crippen molar-refractivity contribution in [2.75, 3.05) is 19.6 Å². The highest BCUT2D eigenvalue weighted by molar-refractivity contribution is 5.10. The molecule has 3 heteroatoms. The van der Waals surface area contributed by atoms with E-state index in [-0.39, 0.29) is 33.2 Å². The van der Waals surface area contributed by atoms with Crippen LogP contribution in [-0.4, -0.2) is 67.6 Å². The van der Waals surface area contributed by atoms with Crippen LogP contribution in [0.5, 0.6) is 0 Å². The molecular formula is C38H73N3. The monoisotopic (exact) mass is 572 g/mol. The molecule has 4 fully saturated rings. The summed E-state index contributed by atoms with van der Waals surface area (Å²) < 4.78 is 0. The van der Waals surface area contributed by atoms with E-state index in [4.69, 9.17) is 0 Å². The average molecular weight is 572 g/mol. The zero-order chi connectivity index (χ0) is 31.0. The van der Waals surface area contributed by atoms with E-state index in [0.717, 1.165) is 35.5 Å². The van der Waals surface area contributed by atoms with Crippen molar-refractivity contribution in [3.8, 4) is 0 Å². The molecule has 3 saturated heterocycles. The second-order valence-electron chi connectivity index (χ2n) is 19.1. The van der Waals surface area contributed by atoms with Crippen molar-refractivity contribution in [1.82, 2.24) is 14.7 Å². The summed E-state index contributed by atoms with van der Waals surface area (Å²) in [5.74, 6) is 5.19. The maximum Gasteiger partial charge on any atom is 0.0161 e. The standard InChI is InChI=1S/C38H73N3/c1-16-39-33(4,5)21-27(22-34(39,6)7)30-19-20-31(28-23-35(8,9)40(17-2)36(10,11)24-28)32(30)29-25-37(12,13)41(18-3)38(14,15)26-29/h27-32H,16-26H2,1-15H3. The summed E-state index contributed by atoms with van der Waals surface area (Å²) in [7, 11) is 0. The summed E-state index contributed by atoms with van der Waals surface area (Å²) in [6.07, 6.45) is 11.2. The zero-order valence-electron chi connectivity index (χ0n) is 30.6. The lowest BCUT2D eigenvalue weighted by molar-refractivity contribution is -0.105. The second-order valence-corrected chi connectivity index (χ2v) is 19.1. The fourth-order valence-electron chi connectivity index (χ4n) is 13.5. The highest BCUT2D eigenvalue weighted by Gasteiger charge is 2.57. The van der Waals surface area contributed by atoms with Gasteiger partial charge in [0.05, 0.1) is 0 Å². The molecule has 0 radical (unpaired) electrons. The third-order valence-electron chi connectivity index (χ3n) is 13.5. The molecule has 0 aromatic carbocycles. The predicted octanol–water partition coefficient (Wildman–Crippen LogP) is 9.50. The summed E-state index contributed by atoms with van der Waals surface area (Å²) in [4.78, 5) is 8.50. The van der Waals surface area contributed by atoms with Crippen LogP contribution in [0.2, 0.25) is 0 Å². The summed E-state index contributed by atoms with van der Waals surface area (Å²) in [5, 5.41) is 0. The normalized spacial score (nSPS) is 36.5. The van der Waals surface area contributed by atoms with Crippen molar-refractivity contribution >= 4 is 0 Å². The van der Waals surface area contributed by atoms with Gasteiger partial charge in [-0.25, -0.2) is 0 Å². The molecule has 3 aliphatic heterocycles. The van der Waals surface area contributed by atoms with Crippen LogP contribution in [0.1, 0.15) is 155 Å². The van der Waals surface area contributed by atoms with E-state index in [0.29, 0.717) is 0 Å².